The lowest BCUT2D eigenvalue weighted by Gasteiger charge is -2.37. The number of hydrogen-bond donors (Lipinski definition) is 3. The van der Waals surface area contributed by atoms with Crippen molar-refractivity contribution in [3.05, 3.63) is 60.2 Å². The van der Waals surface area contributed by atoms with E-state index in [1.165, 1.54) is 4.90 Å². The Labute approximate surface area is 241 Å². The fourth-order valence-electron chi connectivity index (χ4n) is 7.35. The smallest absolute Gasteiger partial charge is 0.250 e. The molecule has 9 heteroatoms. The first kappa shape index (κ1) is 29.1. The first-order chi connectivity index (χ1) is 19.7. The first-order valence-electron chi connectivity index (χ1n) is 14.6. The largest absolute Gasteiger partial charge is 0.497 e. The number of rotatable bonds is 11. The lowest BCUT2D eigenvalue weighted by molar-refractivity contribution is -0.149. The molecule has 9 nitrogen and oxygen atoms in total. The average molecular weight is 564 g/mol. The minimum atomic E-state index is -1.16. The molecule has 0 saturated carbocycles. The highest BCUT2D eigenvalue weighted by atomic mass is 16.5. The van der Waals surface area contributed by atoms with Gasteiger partial charge in [-0.3, -0.25) is 14.4 Å². The van der Waals surface area contributed by atoms with E-state index in [4.69, 9.17) is 9.47 Å². The number of nitrogens with zero attached hydrogens (tertiary/aromatic N) is 1. The number of nitrogens with one attached hydrogen (secondary N) is 2. The summed E-state index contributed by atoms with van der Waals surface area (Å²) in [6.07, 6.45) is 2.12. The van der Waals surface area contributed by atoms with Gasteiger partial charge in [0.25, 0.3) is 0 Å². The molecule has 2 aromatic carbocycles. The number of aliphatic hydroxyl groups is 1. The van der Waals surface area contributed by atoms with E-state index in [0.717, 1.165) is 5.56 Å². The van der Waals surface area contributed by atoms with Crippen LogP contribution in [0, 0.1) is 17.8 Å². The van der Waals surface area contributed by atoms with Gasteiger partial charge < -0.3 is 30.1 Å². The van der Waals surface area contributed by atoms with Gasteiger partial charge in [-0.15, -0.1) is 0 Å². The topological polar surface area (TPSA) is 117 Å². The highest BCUT2D eigenvalue weighted by molar-refractivity contribution is 6.04. The second-order valence-corrected chi connectivity index (χ2v) is 12.0. The lowest BCUT2D eigenvalue weighted by Crippen LogP contribution is -2.56. The van der Waals surface area contributed by atoms with E-state index in [1.54, 1.807) is 31.4 Å². The third-order valence-electron chi connectivity index (χ3n) is 9.16. The third-order valence-corrected chi connectivity index (χ3v) is 9.16. The maximum Gasteiger partial charge on any atom is 0.250 e. The summed E-state index contributed by atoms with van der Waals surface area (Å²) in [5, 5.41) is 16.5. The van der Waals surface area contributed by atoms with Crippen LogP contribution >= 0.6 is 0 Å². The summed E-state index contributed by atoms with van der Waals surface area (Å²) < 4.78 is 12.1. The zero-order valence-corrected chi connectivity index (χ0v) is 24.3. The molecule has 0 aromatic heterocycles. The van der Waals surface area contributed by atoms with E-state index in [2.05, 4.69) is 10.6 Å². The molecule has 3 saturated heterocycles. The maximum absolute atomic E-state index is 14.4. The quantitative estimate of drug-likeness (QED) is 0.385. The second kappa shape index (κ2) is 11.4. The predicted octanol–water partition coefficient (Wildman–Crippen LogP) is 3.51. The summed E-state index contributed by atoms with van der Waals surface area (Å²) in [4.78, 5) is 44.0. The molecule has 0 aliphatic carbocycles. The van der Waals surface area contributed by atoms with Crippen molar-refractivity contribution in [2.24, 2.45) is 17.8 Å². The Morgan fingerprint density at radius 1 is 1.10 bits per heavy atom. The fraction of sp³-hybridized carbons (Fsp3) is 0.531. The Hall–Kier alpha value is -3.43. The number of hydrogen-bond acceptors (Lipinski definition) is 6. The number of benzene rings is 2. The van der Waals surface area contributed by atoms with E-state index in [-0.39, 0.29) is 30.2 Å². The van der Waals surface area contributed by atoms with Gasteiger partial charge in [0.2, 0.25) is 17.7 Å². The fourth-order valence-corrected chi connectivity index (χ4v) is 7.35. The van der Waals surface area contributed by atoms with Crippen molar-refractivity contribution in [1.29, 1.82) is 0 Å². The summed E-state index contributed by atoms with van der Waals surface area (Å²) in [5.74, 6) is -1.65. The Morgan fingerprint density at radius 3 is 2.41 bits per heavy atom. The maximum atomic E-state index is 14.4. The van der Waals surface area contributed by atoms with Crippen molar-refractivity contribution in [3.63, 3.8) is 0 Å². The number of carbonyl (C=O) groups is 3. The van der Waals surface area contributed by atoms with Crippen LogP contribution < -0.4 is 15.4 Å². The highest BCUT2D eigenvalue weighted by Gasteiger charge is 2.79. The summed E-state index contributed by atoms with van der Waals surface area (Å²) in [7, 11) is 1.57. The van der Waals surface area contributed by atoms with E-state index in [1.807, 2.05) is 51.1 Å². The van der Waals surface area contributed by atoms with E-state index in [9.17, 15) is 19.5 Å². The molecular formula is C32H41N3O6. The molecule has 5 rings (SSSR count). The number of fused-ring (bicyclic) bond motifs is 1. The van der Waals surface area contributed by atoms with Crippen LogP contribution in [0.4, 0.5) is 5.69 Å². The Morgan fingerprint density at radius 2 is 1.80 bits per heavy atom. The number of likely N-dealkylation sites (tertiary alicyclic amines) is 1. The number of methoxy groups -OCH3 is 1. The van der Waals surface area contributed by atoms with Gasteiger partial charge in [0.15, 0.2) is 0 Å². The minimum absolute atomic E-state index is 0.174. The molecule has 2 unspecified atom stereocenters. The molecule has 3 N–H and O–H groups in total. The van der Waals surface area contributed by atoms with Gasteiger partial charge in [0, 0.05) is 12.2 Å². The molecule has 1 spiro atoms. The average Bonchev–Trinajstić information content (AvgIpc) is 3.59. The van der Waals surface area contributed by atoms with Gasteiger partial charge in [0.05, 0.1) is 37.2 Å². The number of carbonyl (C=O) groups excluding carboxylic acids is 3. The molecule has 3 aliphatic rings. The monoisotopic (exact) mass is 563 g/mol. The summed E-state index contributed by atoms with van der Waals surface area (Å²) in [6, 6.07) is 15.0. The van der Waals surface area contributed by atoms with E-state index >= 15 is 0 Å². The zero-order valence-electron chi connectivity index (χ0n) is 24.3. The molecule has 3 heterocycles. The van der Waals surface area contributed by atoms with Crippen LogP contribution in [0.2, 0.25) is 0 Å². The van der Waals surface area contributed by atoms with Gasteiger partial charge >= 0.3 is 0 Å². The van der Waals surface area contributed by atoms with Crippen LogP contribution in [0.3, 0.4) is 0 Å². The third kappa shape index (κ3) is 4.99. The molecule has 2 aromatic rings. The lowest BCUT2D eigenvalue weighted by atomic mass is 9.65. The standard InChI is InChI=1S/C32H41N3O6/c1-5-31-15-16-32(41-31)26(25(31)28(37)33-18-21-9-7-6-8-10-21)30(39)35(23(19-36)17-20(2)3)27(32)29(38)34-22-11-13-24(40-4)14-12-22/h6-14,20,23,25-27,36H,5,15-19H2,1-4H3,(H,33,37)(H,34,38)/t23-,25-,26+,27?,31+,32?/m1/s1. The van der Waals surface area contributed by atoms with E-state index in [0.29, 0.717) is 43.7 Å². The molecule has 41 heavy (non-hydrogen) atoms. The van der Waals surface area contributed by atoms with Crippen LogP contribution in [0.15, 0.2) is 54.6 Å². The van der Waals surface area contributed by atoms with Crippen LogP contribution in [0.25, 0.3) is 0 Å². The van der Waals surface area contributed by atoms with Crippen molar-refractivity contribution >= 4 is 23.4 Å². The molecule has 0 radical (unpaired) electrons. The highest BCUT2D eigenvalue weighted by Crippen LogP contribution is 2.64. The predicted molar refractivity (Wildman–Crippen MR) is 154 cm³/mol. The molecule has 3 aliphatic heterocycles. The number of anilines is 1. The van der Waals surface area contributed by atoms with Gasteiger partial charge in [-0.2, -0.15) is 0 Å². The number of ether oxygens (including phenoxy) is 2. The number of amides is 3. The van der Waals surface area contributed by atoms with Crippen molar-refractivity contribution < 1.29 is 29.0 Å². The van der Waals surface area contributed by atoms with Crippen LogP contribution in [-0.2, 0) is 25.7 Å². The van der Waals surface area contributed by atoms with Gasteiger partial charge in [-0.1, -0.05) is 51.1 Å². The molecule has 220 valence electrons. The summed E-state index contributed by atoms with van der Waals surface area (Å²) >= 11 is 0. The SMILES string of the molecule is CC[C@@]12CCC3(O1)C(C(=O)Nc1ccc(OC)cc1)N([C@@H](CO)CC(C)C)C(=O)[C@@H]3[C@@H]2C(=O)NCc1ccccc1. The Balaban J connectivity index is 1.51. The normalized spacial score (nSPS) is 29.0. The van der Waals surface area contributed by atoms with Crippen LogP contribution in [0.1, 0.15) is 52.0 Å². The molecule has 2 bridgehead atoms. The molecule has 6 atom stereocenters. The molecular weight excluding hydrogens is 522 g/mol. The van der Waals surface area contributed by atoms with Gasteiger partial charge in [0.1, 0.15) is 17.4 Å². The molecule has 3 amide bonds. The zero-order chi connectivity index (χ0) is 29.4. The van der Waals surface area contributed by atoms with Crippen LogP contribution in [0.5, 0.6) is 5.75 Å². The Bertz CT molecular complexity index is 1270. The Kier molecular flexibility index (Phi) is 8.12. The summed E-state index contributed by atoms with van der Waals surface area (Å²) in [5.41, 5.74) is -0.484. The molecule has 3 fully saturated rings. The summed E-state index contributed by atoms with van der Waals surface area (Å²) in [6.45, 7) is 6.05. The van der Waals surface area contributed by atoms with Crippen molar-refractivity contribution in [3.8, 4) is 5.75 Å². The van der Waals surface area contributed by atoms with Gasteiger partial charge in [-0.25, -0.2) is 0 Å². The van der Waals surface area contributed by atoms with Crippen molar-refractivity contribution in [1.82, 2.24) is 10.2 Å². The van der Waals surface area contributed by atoms with Crippen molar-refractivity contribution in [2.75, 3.05) is 19.0 Å². The second-order valence-electron chi connectivity index (χ2n) is 12.0. The van der Waals surface area contributed by atoms with Gasteiger partial charge in [-0.05, 0) is 61.4 Å². The van der Waals surface area contributed by atoms with Crippen LogP contribution in [-0.4, -0.2) is 64.7 Å². The van der Waals surface area contributed by atoms with E-state index < -0.39 is 35.1 Å². The van der Waals surface area contributed by atoms with Crippen molar-refractivity contribution in [2.45, 2.75) is 76.3 Å². The minimum Gasteiger partial charge on any atom is -0.497 e. The first-order valence-corrected chi connectivity index (χ1v) is 14.6. The number of aliphatic hydroxyl groups excluding tert-OH is 1.